The normalized spacial score (nSPS) is 11.1. The van der Waals surface area contributed by atoms with Crippen LogP contribution in [0.4, 0.5) is 5.69 Å². The van der Waals surface area contributed by atoms with Crippen molar-refractivity contribution in [1.29, 1.82) is 0 Å². The average molecular weight is 541 g/mol. The number of ether oxygens (including phenoxy) is 1. The molecule has 0 saturated heterocycles. The summed E-state index contributed by atoms with van der Waals surface area (Å²) in [4.78, 5) is 23.5. The molecule has 5 rings (SSSR count). The second-order valence-corrected chi connectivity index (χ2v) is 9.27. The Morgan fingerprint density at radius 3 is 2.44 bits per heavy atom. The van der Waals surface area contributed by atoms with Gasteiger partial charge in [-0.15, -0.1) is 0 Å². The van der Waals surface area contributed by atoms with Crippen molar-refractivity contribution in [3.63, 3.8) is 0 Å². The van der Waals surface area contributed by atoms with E-state index in [1.807, 2.05) is 42.5 Å². The van der Waals surface area contributed by atoms with Gasteiger partial charge < -0.3 is 14.9 Å². The van der Waals surface area contributed by atoms with Crippen LogP contribution in [-0.2, 0) is 6.42 Å². The number of anilines is 1. The highest BCUT2D eigenvalue weighted by atomic mass is 35.5. The first kappa shape index (κ1) is 24.3. The topological polar surface area (TPSA) is 65.4 Å². The van der Waals surface area contributed by atoms with Gasteiger partial charge in [0.2, 0.25) is 0 Å². The van der Waals surface area contributed by atoms with Crippen molar-refractivity contribution in [3.05, 3.63) is 99.3 Å². The summed E-state index contributed by atoms with van der Waals surface area (Å²) < 4.78 is 6.97. The largest absolute Gasteiger partial charge is 0.497 e. The number of hydrogen-bond donors (Lipinski definition) is 1. The number of pyridine rings is 1. The predicted molar refractivity (Wildman–Crippen MR) is 145 cm³/mol. The Hall–Kier alpha value is -3.45. The number of methoxy groups -OCH3 is 1. The third-order valence-electron chi connectivity index (χ3n) is 5.81. The monoisotopic (exact) mass is 539 g/mol. The molecule has 0 bridgehead atoms. The summed E-state index contributed by atoms with van der Waals surface area (Å²) in [6.07, 6.45) is 3.54. The van der Waals surface area contributed by atoms with Gasteiger partial charge >= 0.3 is 0 Å². The van der Waals surface area contributed by atoms with Gasteiger partial charge in [0.05, 0.1) is 33.9 Å². The fraction of sp³-hybridized carbons (Fsp3) is 0.111. The Kier molecular flexibility index (Phi) is 6.92. The zero-order valence-corrected chi connectivity index (χ0v) is 21.4. The molecule has 5 aromatic rings. The molecule has 0 atom stereocenters. The van der Waals surface area contributed by atoms with E-state index in [4.69, 9.17) is 44.4 Å². The zero-order valence-electron chi connectivity index (χ0n) is 19.1. The maximum absolute atomic E-state index is 13.4. The summed E-state index contributed by atoms with van der Waals surface area (Å²) in [5, 5.41) is 5.35. The number of aromatic nitrogens is 2. The third-order valence-corrected chi connectivity index (χ3v) is 6.62. The summed E-state index contributed by atoms with van der Waals surface area (Å²) >= 11 is 18.8. The van der Waals surface area contributed by atoms with Crippen molar-refractivity contribution in [3.8, 4) is 5.75 Å². The van der Waals surface area contributed by atoms with Gasteiger partial charge in [0.25, 0.3) is 5.91 Å². The van der Waals surface area contributed by atoms with E-state index in [1.165, 1.54) is 12.4 Å². The number of fused-ring (bicyclic) bond motifs is 3. The molecule has 0 radical (unpaired) electrons. The highest BCUT2D eigenvalue weighted by Crippen LogP contribution is 2.34. The van der Waals surface area contributed by atoms with Crippen LogP contribution in [0.2, 0.25) is 15.1 Å². The quantitative estimate of drug-likeness (QED) is 0.239. The van der Waals surface area contributed by atoms with E-state index in [2.05, 4.69) is 10.3 Å². The van der Waals surface area contributed by atoms with Crippen molar-refractivity contribution >= 4 is 68.2 Å². The maximum Gasteiger partial charge on any atom is 0.256 e. The molecular weight excluding hydrogens is 521 g/mol. The van der Waals surface area contributed by atoms with Crippen molar-refractivity contribution in [2.45, 2.75) is 6.42 Å². The second kappa shape index (κ2) is 10.3. The van der Waals surface area contributed by atoms with Gasteiger partial charge in [-0.3, -0.25) is 9.78 Å². The van der Waals surface area contributed by atoms with Crippen LogP contribution in [0.25, 0.3) is 21.8 Å². The van der Waals surface area contributed by atoms with E-state index in [0.29, 0.717) is 34.7 Å². The van der Waals surface area contributed by atoms with Crippen molar-refractivity contribution in [2.24, 2.45) is 0 Å². The lowest BCUT2D eigenvalue weighted by molar-refractivity contribution is 0.102. The lowest BCUT2D eigenvalue weighted by Gasteiger charge is -2.11. The van der Waals surface area contributed by atoms with Gasteiger partial charge in [0.15, 0.2) is 0 Å². The van der Waals surface area contributed by atoms with Gasteiger partial charge in [-0.2, -0.15) is 4.73 Å². The van der Waals surface area contributed by atoms with Crippen LogP contribution in [-0.4, -0.2) is 29.3 Å². The molecule has 1 amide bonds. The van der Waals surface area contributed by atoms with Gasteiger partial charge in [0, 0.05) is 40.2 Å². The first-order valence-corrected chi connectivity index (χ1v) is 12.2. The first-order chi connectivity index (χ1) is 17.5. The van der Waals surface area contributed by atoms with Crippen LogP contribution in [0.1, 0.15) is 15.9 Å². The third kappa shape index (κ3) is 4.67. The fourth-order valence-corrected chi connectivity index (χ4v) is 4.73. The van der Waals surface area contributed by atoms with Crippen molar-refractivity contribution in [1.82, 2.24) is 9.71 Å². The molecular formula is C27H20Cl3N3O3. The molecule has 0 spiro atoms. The minimum absolute atomic E-state index is 0.246. The van der Waals surface area contributed by atoms with E-state index in [9.17, 15) is 4.79 Å². The standard InChI is InChI=1S/C27H20Cl3N3O3/c1-35-18-8-5-16(6-9-18)11-12-36-33-23-10-7-17(28)13-20(23)25-19(3-2-4-24(25)33)27(34)32-26-21(29)14-31-15-22(26)30/h2-10,13-15H,11-12H2,1H3,(H,31,32,34). The van der Waals surface area contributed by atoms with Crippen molar-refractivity contribution < 1.29 is 14.4 Å². The van der Waals surface area contributed by atoms with Gasteiger partial charge in [0.1, 0.15) is 12.4 Å². The van der Waals surface area contributed by atoms with Gasteiger partial charge in [-0.1, -0.05) is 53.0 Å². The molecule has 0 unspecified atom stereocenters. The molecule has 36 heavy (non-hydrogen) atoms. The predicted octanol–water partition coefficient (Wildman–Crippen LogP) is 7.08. The molecule has 3 aromatic carbocycles. The number of halogens is 3. The minimum Gasteiger partial charge on any atom is -0.497 e. The Bertz CT molecular complexity index is 1560. The fourth-order valence-electron chi connectivity index (χ4n) is 4.09. The number of nitrogens with zero attached hydrogens (tertiary/aromatic N) is 2. The van der Waals surface area contributed by atoms with E-state index < -0.39 is 0 Å². The van der Waals surface area contributed by atoms with Gasteiger partial charge in [-0.05, 0) is 48.0 Å². The molecule has 9 heteroatoms. The summed E-state index contributed by atoms with van der Waals surface area (Å²) in [5.74, 6) is 0.437. The van der Waals surface area contributed by atoms with E-state index >= 15 is 0 Å². The SMILES string of the molecule is COc1ccc(CCOn2c3ccc(Cl)cc3c3c(C(=O)Nc4c(Cl)cncc4Cl)cccc32)cc1. The molecule has 0 saturated carbocycles. The molecule has 182 valence electrons. The van der Waals surface area contributed by atoms with Crippen LogP contribution in [0.15, 0.2) is 73.1 Å². The Labute approximate surface area is 222 Å². The minimum atomic E-state index is -0.368. The Morgan fingerprint density at radius 1 is 0.972 bits per heavy atom. The van der Waals surface area contributed by atoms with E-state index in [-0.39, 0.29) is 16.0 Å². The summed E-state index contributed by atoms with van der Waals surface area (Å²) in [6, 6.07) is 18.8. The lowest BCUT2D eigenvalue weighted by atomic mass is 10.1. The first-order valence-electron chi connectivity index (χ1n) is 11.1. The average Bonchev–Trinajstić information content (AvgIpc) is 3.19. The molecule has 1 N–H and O–H groups in total. The van der Waals surface area contributed by atoms with E-state index in [0.717, 1.165) is 27.7 Å². The number of amides is 1. The smallest absolute Gasteiger partial charge is 0.256 e. The zero-order chi connectivity index (χ0) is 25.2. The molecule has 0 fully saturated rings. The van der Waals surface area contributed by atoms with Crippen LogP contribution >= 0.6 is 34.8 Å². The Morgan fingerprint density at radius 2 is 1.72 bits per heavy atom. The molecule has 0 aliphatic carbocycles. The van der Waals surface area contributed by atoms with Crippen molar-refractivity contribution in [2.75, 3.05) is 19.0 Å². The number of nitrogens with one attached hydrogen (secondary N) is 1. The number of rotatable bonds is 7. The second-order valence-electron chi connectivity index (χ2n) is 8.02. The summed E-state index contributed by atoms with van der Waals surface area (Å²) in [5.41, 5.74) is 3.38. The van der Waals surface area contributed by atoms with Gasteiger partial charge in [-0.25, -0.2) is 0 Å². The highest BCUT2D eigenvalue weighted by molar-refractivity contribution is 6.40. The van der Waals surface area contributed by atoms with Crippen LogP contribution in [0.3, 0.4) is 0 Å². The number of carbonyl (C=O) groups is 1. The molecule has 0 aliphatic heterocycles. The van der Waals surface area contributed by atoms with Crippen LogP contribution in [0, 0.1) is 0 Å². The maximum atomic E-state index is 13.4. The molecule has 2 aromatic heterocycles. The number of hydrogen-bond acceptors (Lipinski definition) is 4. The molecule has 2 heterocycles. The van der Waals surface area contributed by atoms with Crippen LogP contribution in [0.5, 0.6) is 5.75 Å². The Balaban J connectivity index is 1.51. The number of benzene rings is 3. The molecule has 0 aliphatic rings. The lowest BCUT2D eigenvalue weighted by Crippen LogP contribution is -2.15. The summed E-state index contributed by atoms with van der Waals surface area (Å²) in [7, 11) is 1.64. The number of carbonyl (C=O) groups excluding carboxylic acids is 1. The van der Waals surface area contributed by atoms with Crippen LogP contribution < -0.4 is 14.9 Å². The molecule has 6 nitrogen and oxygen atoms in total. The summed E-state index contributed by atoms with van der Waals surface area (Å²) in [6.45, 7) is 0.423. The highest BCUT2D eigenvalue weighted by Gasteiger charge is 2.20. The van der Waals surface area contributed by atoms with E-state index in [1.54, 1.807) is 30.0 Å².